The summed E-state index contributed by atoms with van der Waals surface area (Å²) < 4.78 is 0. The molecule has 60 valence electrons. The van der Waals surface area contributed by atoms with Gasteiger partial charge in [0.15, 0.2) is 0 Å². The van der Waals surface area contributed by atoms with Crippen LogP contribution in [0.2, 0.25) is 5.02 Å². The molecule has 0 saturated carbocycles. The first-order valence-corrected chi connectivity index (χ1v) is 3.63. The van der Waals surface area contributed by atoms with Crippen molar-refractivity contribution in [1.82, 2.24) is 4.98 Å². The zero-order valence-corrected chi connectivity index (χ0v) is 6.85. The molecule has 0 aliphatic heterocycles. The highest BCUT2D eigenvalue weighted by atomic mass is 35.5. The Balaban J connectivity index is 3.24. The average molecular weight is 173 g/mol. The molecule has 0 aliphatic carbocycles. The number of hydrogen-bond acceptors (Lipinski definition) is 2. The first-order valence-electron chi connectivity index (χ1n) is 3.25. The predicted molar refractivity (Wildman–Crippen MR) is 44.7 cm³/mol. The number of aromatic amines is 1. The van der Waals surface area contributed by atoms with Gasteiger partial charge in [0.2, 0.25) is 0 Å². The van der Waals surface area contributed by atoms with E-state index in [2.05, 4.69) is 4.98 Å². The molecule has 0 aromatic carbocycles. The van der Waals surface area contributed by atoms with Gasteiger partial charge in [-0.1, -0.05) is 11.6 Å². The van der Waals surface area contributed by atoms with Crippen LogP contribution in [0.15, 0.2) is 17.1 Å². The van der Waals surface area contributed by atoms with Crippen molar-refractivity contribution >= 4 is 11.6 Å². The van der Waals surface area contributed by atoms with Gasteiger partial charge in [-0.15, -0.1) is 0 Å². The van der Waals surface area contributed by atoms with Crippen LogP contribution in [-0.4, -0.2) is 4.98 Å². The maximum Gasteiger partial charge on any atom is 0.252 e. The van der Waals surface area contributed by atoms with E-state index in [1.54, 1.807) is 13.0 Å². The van der Waals surface area contributed by atoms with E-state index in [1.807, 2.05) is 0 Å². The first-order chi connectivity index (χ1) is 5.11. The summed E-state index contributed by atoms with van der Waals surface area (Å²) in [7, 11) is 0. The summed E-state index contributed by atoms with van der Waals surface area (Å²) in [6, 6.07) is 1.29. The first kappa shape index (κ1) is 8.30. The molecule has 0 fully saturated rings. The van der Waals surface area contributed by atoms with Crippen LogP contribution >= 0.6 is 11.6 Å². The molecule has 0 amide bonds. The van der Waals surface area contributed by atoms with E-state index < -0.39 is 0 Å². The molecular formula is C7H9ClN2O. The van der Waals surface area contributed by atoms with E-state index >= 15 is 0 Å². The van der Waals surface area contributed by atoms with Crippen molar-refractivity contribution in [2.75, 3.05) is 0 Å². The minimum Gasteiger partial charge on any atom is -0.327 e. The van der Waals surface area contributed by atoms with E-state index in [9.17, 15) is 4.79 Å². The highest BCUT2D eigenvalue weighted by Crippen LogP contribution is 2.09. The third kappa shape index (κ3) is 1.82. The van der Waals surface area contributed by atoms with Crippen LogP contribution in [0, 0.1) is 0 Å². The third-order valence-electron chi connectivity index (χ3n) is 1.39. The molecule has 1 aromatic rings. The maximum absolute atomic E-state index is 11.0. The highest BCUT2D eigenvalue weighted by molar-refractivity contribution is 6.30. The van der Waals surface area contributed by atoms with Crippen molar-refractivity contribution in [3.63, 3.8) is 0 Å². The normalized spacial score (nSPS) is 13.0. The lowest BCUT2D eigenvalue weighted by Crippen LogP contribution is -2.18. The molecule has 0 unspecified atom stereocenters. The van der Waals surface area contributed by atoms with Crippen molar-refractivity contribution in [3.05, 3.63) is 33.2 Å². The fraction of sp³-hybridized carbons (Fsp3) is 0.286. The molecule has 11 heavy (non-hydrogen) atoms. The van der Waals surface area contributed by atoms with Gasteiger partial charge < -0.3 is 10.7 Å². The molecule has 0 spiro atoms. The lowest BCUT2D eigenvalue weighted by Gasteiger charge is -2.02. The Hall–Kier alpha value is -0.800. The number of nitrogens with one attached hydrogen (secondary N) is 1. The minimum atomic E-state index is -0.280. The van der Waals surface area contributed by atoms with Gasteiger partial charge in [0.05, 0.1) is 5.02 Å². The second-order valence-corrected chi connectivity index (χ2v) is 2.83. The van der Waals surface area contributed by atoms with Crippen molar-refractivity contribution in [2.45, 2.75) is 13.0 Å². The second-order valence-electron chi connectivity index (χ2n) is 2.39. The number of rotatable bonds is 1. The highest BCUT2D eigenvalue weighted by Gasteiger charge is 2.04. The van der Waals surface area contributed by atoms with Crippen LogP contribution in [0.4, 0.5) is 0 Å². The number of nitrogens with two attached hydrogens (primary N) is 1. The number of pyridine rings is 1. The number of aromatic nitrogens is 1. The molecule has 0 bridgehead atoms. The second kappa shape index (κ2) is 3.07. The van der Waals surface area contributed by atoms with Gasteiger partial charge in [-0.3, -0.25) is 4.79 Å². The van der Waals surface area contributed by atoms with Gasteiger partial charge in [0, 0.05) is 17.8 Å². The summed E-state index contributed by atoms with van der Waals surface area (Å²) in [5.41, 5.74) is 5.84. The van der Waals surface area contributed by atoms with Crippen molar-refractivity contribution < 1.29 is 0 Å². The lowest BCUT2D eigenvalue weighted by molar-refractivity contribution is 0.800. The molecule has 0 radical (unpaired) electrons. The average Bonchev–Trinajstić information content (AvgIpc) is 1.94. The van der Waals surface area contributed by atoms with E-state index in [0.29, 0.717) is 10.6 Å². The van der Waals surface area contributed by atoms with Gasteiger partial charge in [-0.2, -0.15) is 0 Å². The Morgan fingerprint density at radius 3 is 2.82 bits per heavy atom. The molecule has 1 heterocycles. The third-order valence-corrected chi connectivity index (χ3v) is 1.61. The van der Waals surface area contributed by atoms with Gasteiger partial charge in [0.1, 0.15) is 0 Å². The molecule has 1 aromatic heterocycles. The molecule has 1 rings (SSSR count). The number of H-pyrrole nitrogens is 1. The zero-order valence-electron chi connectivity index (χ0n) is 6.10. The van der Waals surface area contributed by atoms with Crippen LogP contribution in [-0.2, 0) is 0 Å². The molecule has 4 heteroatoms. The predicted octanol–water partition coefficient (Wildman–Crippen LogP) is 1.05. The smallest absolute Gasteiger partial charge is 0.252 e. The fourth-order valence-electron chi connectivity index (χ4n) is 0.812. The molecule has 0 aliphatic rings. The molecule has 3 nitrogen and oxygen atoms in total. The van der Waals surface area contributed by atoms with Crippen LogP contribution in [0.1, 0.15) is 18.5 Å². The molecular weight excluding hydrogens is 164 g/mol. The Labute approximate surface area is 69.2 Å². The van der Waals surface area contributed by atoms with Crippen LogP contribution in [0.3, 0.4) is 0 Å². The van der Waals surface area contributed by atoms with E-state index in [1.165, 1.54) is 6.20 Å². The summed E-state index contributed by atoms with van der Waals surface area (Å²) in [5, 5.41) is 0.497. The number of halogens is 1. The van der Waals surface area contributed by atoms with Crippen molar-refractivity contribution in [2.24, 2.45) is 5.73 Å². The Morgan fingerprint density at radius 2 is 2.36 bits per heavy atom. The summed E-state index contributed by atoms with van der Waals surface area (Å²) in [6.45, 7) is 1.74. The standard InChI is InChI=1S/C7H9ClN2O/c1-4(9)6-2-5(8)3-10-7(6)11/h2-4H,9H2,1H3,(H,10,11)/t4-/m1/s1. The van der Waals surface area contributed by atoms with Gasteiger partial charge in [-0.25, -0.2) is 0 Å². The summed E-state index contributed by atoms with van der Waals surface area (Å²) in [6.07, 6.45) is 1.44. The Bertz CT molecular complexity index is 306. The van der Waals surface area contributed by atoms with E-state index in [4.69, 9.17) is 17.3 Å². The van der Waals surface area contributed by atoms with E-state index in [-0.39, 0.29) is 11.6 Å². The van der Waals surface area contributed by atoms with Crippen molar-refractivity contribution in [1.29, 1.82) is 0 Å². The molecule has 3 N–H and O–H groups in total. The monoisotopic (exact) mass is 172 g/mol. The van der Waals surface area contributed by atoms with Gasteiger partial charge >= 0.3 is 0 Å². The van der Waals surface area contributed by atoms with Gasteiger partial charge in [0.25, 0.3) is 5.56 Å². The Kier molecular flexibility index (Phi) is 2.31. The Morgan fingerprint density at radius 1 is 1.73 bits per heavy atom. The van der Waals surface area contributed by atoms with Crippen LogP contribution in [0.25, 0.3) is 0 Å². The SMILES string of the molecule is C[C@@H](N)c1cc(Cl)c[nH]c1=O. The van der Waals surface area contributed by atoms with Crippen LogP contribution < -0.4 is 11.3 Å². The largest absolute Gasteiger partial charge is 0.327 e. The molecule has 0 saturated heterocycles. The topological polar surface area (TPSA) is 58.9 Å². The zero-order chi connectivity index (χ0) is 8.43. The lowest BCUT2D eigenvalue weighted by atomic mass is 10.1. The minimum absolute atomic E-state index is 0.176. The summed E-state index contributed by atoms with van der Waals surface area (Å²) in [4.78, 5) is 13.5. The number of hydrogen-bond donors (Lipinski definition) is 2. The van der Waals surface area contributed by atoms with E-state index in [0.717, 1.165) is 0 Å². The summed E-state index contributed by atoms with van der Waals surface area (Å²) >= 11 is 5.64. The summed E-state index contributed by atoms with van der Waals surface area (Å²) in [5.74, 6) is 0. The van der Waals surface area contributed by atoms with Crippen molar-refractivity contribution in [3.8, 4) is 0 Å². The molecule has 1 atom stereocenters. The van der Waals surface area contributed by atoms with Crippen LogP contribution in [0.5, 0.6) is 0 Å². The fourth-order valence-corrected chi connectivity index (χ4v) is 0.984. The quantitative estimate of drug-likeness (QED) is 0.665. The maximum atomic E-state index is 11.0. The van der Waals surface area contributed by atoms with Gasteiger partial charge in [-0.05, 0) is 13.0 Å².